The number of nitrogens with two attached hydrogens (primary N) is 4. The summed E-state index contributed by atoms with van der Waals surface area (Å²) in [6.45, 7) is 16.0. The minimum atomic E-state index is -0.505. The van der Waals surface area contributed by atoms with Gasteiger partial charge in [0.25, 0.3) is 11.4 Å². The monoisotopic (exact) mass is 1120 g/mol. The number of aliphatic imine (C=N–C) groups is 1. The standard InChI is InChI=1S/C8H8N2.C6H6N2O2.C6H8N2.C6H5NO2.4C2H6.CBrN.CHI3.H2/c9-8-5-6-3-1-2-4-7(6)10-8;7-5-3-1-2-4-6(5)8(9)10;7-5-3-1-2-4-6(5)8;8-7(9)6-4-2-1-3-5-6;4*1-2;2-1-3;2-1(3)4;/h1-4H,5H2,(H2,9,10);1-4H,7H2;1-4H,7-8H2;1-5H;4*1-2H3;;1H;1H. The molecular weight excluding hydrogens is 1070 g/mol. The van der Waals surface area contributed by atoms with Crippen molar-refractivity contribution < 1.29 is 11.3 Å². The lowest BCUT2D eigenvalue weighted by atomic mass is 10.1. The van der Waals surface area contributed by atoms with E-state index < -0.39 is 9.85 Å². The SMILES string of the molecule is CC.CC.CC.CC.IC(I)I.N#CBr.NC1=Nc2ccccc2C1.Nc1ccccc1N.Nc1ccccc1[N+](=O)[O-].O=[N+]([O-])c1ccccc1.[HH]. The Morgan fingerprint density at radius 3 is 1.33 bits per heavy atom. The van der Waals surface area contributed by atoms with Crippen molar-refractivity contribution in [2.24, 2.45) is 10.7 Å². The fourth-order valence-electron chi connectivity index (χ4n) is 2.87. The van der Waals surface area contributed by atoms with Gasteiger partial charge >= 0.3 is 0 Å². The van der Waals surface area contributed by atoms with Crippen LogP contribution in [-0.2, 0) is 6.42 Å². The Morgan fingerprint density at radius 2 is 1.02 bits per heavy atom. The van der Waals surface area contributed by atoms with Crippen molar-refractivity contribution in [2.45, 2.75) is 61.7 Å². The minimum Gasteiger partial charge on any atom is -0.397 e. The Balaban J connectivity index is -0.000000123. The molecule has 1 aliphatic rings. The molecule has 8 N–H and O–H groups in total. The third-order valence-corrected chi connectivity index (χ3v) is 4.72. The van der Waals surface area contributed by atoms with Gasteiger partial charge in [0.05, 0.1) is 26.9 Å². The number of nitrogens with zero attached hydrogens (tertiary/aromatic N) is 4. The number of nitro benzene ring substituents is 2. The first-order valence-corrected chi connectivity index (χ1v) is 20.5. The van der Waals surface area contributed by atoms with Gasteiger partial charge in [-0.1, -0.05) is 184 Å². The summed E-state index contributed by atoms with van der Waals surface area (Å²) in [5.74, 6) is 0.723. The number of alkyl halides is 3. The lowest BCUT2D eigenvalue weighted by molar-refractivity contribution is -0.384. The summed E-state index contributed by atoms with van der Waals surface area (Å²) in [6, 6.07) is 29.3. The molecule has 0 bridgehead atoms. The van der Waals surface area contributed by atoms with Crippen molar-refractivity contribution in [1.29, 1.82) is 5.26 Å². The van der Waals surface area contributed by atoms with Crippen LogP contribution in [0, 0.1) is 30.5 Å². The van der Waals surface area contributed by atoms with Crippen LogP contribution in [0.5, 0.6) is 0 Å². The van der Waals surface area contributed by atoms with E-state index in [-0.39, 0.29) is 18.5 Å². The second kappa shape index (κ2) is 42.1. The quantitative estimate of drug-likeness (QED) is 0.0491. The van der Waals surface area contributed by atoms with E-state index in [4.69, 9.17) is 28.2 Å². The molecule has 0 saturated heterocycles. The number of non-ortho nitro benzene ring substituents is 1. The first kappa shape index (κ1) is 58.0. The zero-order valence-corrected chi connectivity index (χ0v) is 38.9. The molecule has 4 aromatic carbocycles. The highest BCUT2D eigenvalue weighted by molar-refractivity contribution is 14.3. The zero-order valence-electron chi connectivity index (χ0n) is 30.8. The van der Waals surface area contributed by atoms with Gasteiger partial charge in [0.2, 0.25) is 0 Å². The average molecular weight is 1120 g/mol. The van der Waals surface area contributed by atoms with Crippen molar-refractivity contribution in [3.05, 3.63) is 129 Å². The van der Waals surface area contributed by atoms with Crippen LogP contribution in [-0.4, -0.2) is 15.6 Å². The molecule has 0 amide bonds. The number of halogens is 4. The maximum absolute atomic E-state index is 10.1. The second-order valence-electron chi connectivity index (χ2n) is 7.78. The lowest BCUT2D eigenvalue weighted by Crippen LogP contribution is -2.09. The number of fused-ring (bicyclic) bond motifs is 1. The Morgan fingerprint density at radius 1 is 0.673 bits per heavy atom. The van der Waals surface area contributed by atoms with E-state index in [0.717, 1.165) is 17.9 Å². The number of para-hydroxylation sites is 6. The van der Waals surface area contributed by atoms with E-state index in [2.05, 4.69) is 94.8 Å². The largest absolute Gasteiger partial charge is 0.397 e. The van der Waals surface area contributed by atoms with Crippen LogP contribution in [0.25, 0.3) is 0 Å². The summed E-state index contributed by atoms with van der Waals surface area (Å²) in [5.41, 5.74) is 25.5. The number of hydrogen-bond donors (Lipinski definition) is 4. The number of hydrogen-bond acceptors (Lipinski definition) is 10. The molecule has 0 atom stereocenters. The Hall–Kier alpha value is -3.29. The van der Waals surface area contributed by atoms with Gasteiger partial charge in [0.1, 0.15) is 16.4 Å². The molecular formula is C36H54BrI3N8O4. The maximum atomic E-state index is 10.1. The number of nitriles is 1. The molecule has 52 heavy (non-hydrogen) atoms. The van der Waals surface area contributed by atoms with E-state index in [1.807, 2.05) is 85.7 Å². The van der Waals surface area contributed by atoms with Crippen molar-refractivity contribution in [3.8, 4) is 4.98 Å². The number of amidine groups is 1. The first-order chi connectivity index (χ1) is 24.8. The van der Waals surface area contributed by atoms with E-state index in [1.165, 1.54) is 29.8 Å². The van der Waals surface area contributed by atoms with Gasteiger partial charge in [-0.3, -0.25) is 20.2 Å². The van der Waals surface area contributed by atoms with Crippen molar-refractivity contribution in [1.82, 2.24) is 0 Å². The predicted molar refractivity (Wildman–Crippen MR) is 255 cm³/mol. The van der Waals surface area contributed by atoms with Crippen LogP contribution < -0.4 is 22.9 Å². The molecule has 4 aromatic rings. The van der Waals surface area contributed by atoms with Crippen molar-refractivity contribution >= 4 is 124 Å². The molecule has 0 radical (unpaired) electrons. The van der Waals surface area contributed by atoms with Gasteiger partial charge in [0, 0.05) is 42.0 Å². The number of nitrogen functional groups attached to an aromatic ring is 3. The highest BCUT2D eigenvalue weighted by Crippen LogP contribution is 2.24. The molecule has 0 fully saturated rings. The molecule has 1 aliphatic heterocycles. The van der Waals surface area contributed by atoms with Crippen LogP contribution >= 0.6 is 83.7 Å². The number of nitro groups is 2. The molecule has 0 aromatic heterocycles. The molecule has 0 aliphatic carbocycles. The third-order valence-electron chi connectivity index (χ3n) is 4.72. The Bertz CT molecular complexity index is 1510. The van der Waals surface area contributed by atoms with Crippen LogP contribution in [0.3, 0.4) is 0 Å². The molecule has 12 nitrogen and oxygen atoms in total. The number of anilines is 3. The van der Waals surface area contributed by atoms with Crippen LogP contribution in [0.2, 0.25) is 0 Å². The van der Waals surface area contributed by atoms with Crippen molar-refractivity contribution in [2.75, 3.05) is 17.2 Å². The number of rotatable bonds is 2. The van der Waals surface area contributed by atoms with Crippen LogP contribution in [0.4, 0.5) is 34.1 Å². The lowest BCUT2D eigenvalue weighted by Gasteiger charge is -1.94. The van der Waals surface area contributed by atoms with Gasteiger partial charge < -0.3 is 22.9 Å². The van der Waals surface area contributed by atoms with Gasteiger partial charge in [-0.25, -0.2) is 4.99 Å². The van der Waals surface area contributed by atoms with E-state index in [9.17, 15) is 20.2 Å². The second-order valence-corrected chi connectivity index (χ2v) is 19.0. The third kappa shape index (κ3) is 33.8. The molecule has 16 heteroatoms. The summed E-state index contributed by atoms with van der Waals surface area (Å²) >= 11 is 9.40. The zero-order chi connectivity index (χ0) is 41.5. The fraction of sp³-hybridized carbons (Fsp3) is 0.278. The minimum absolute atomic E-state index is 0. The molecule has 0 saturated carbocycles. The molecule has 0 spiro atoms. The smallest absolute Gasteiger partial charge is 0.292 e. The summed E-state index contributed by atoms with van der Waals surface area (Å²) in [5, 5.41) is 27.4. The Kier molecular flexibility index (Phi) is 47.0. The average Bonchev–Trinajstić information content (AvgIpc) is 3.54. The molecule has 1 heterocycles. The van der Waals surface area contributed by atoms with Gasteiger partial charge in [-0.15, -0.1) is 0 Å². The van der Waals surface area contributed by atoms with Crippen molar-refractivity contribution in [3.63, 3.8) is 0 Å². The first-order valence-electron chi connectivity index (χ1n) is 15.9. The molecule has 0 unspecified atom stereocenters. The van der Waals surface area contributed by atoms with Gasteiger partial charge in [-0.05, 0) is 29.8 Å². The van der Waals surface area contributed by atoms with Crippen LogP contribution in [0.1, 0.15) is 62.4 Å². The molecule has 5 rings (SSSR count). The normalized spacial score (nSPS) is 8.81. The van der Waals surface area contributed by atoms with E-state index in [1.54, 1.807) is 47.4 Å². The van der Waals surface area contributed by atoms with E-state index in [0.29, 0.717) is 11.4 Å². The summed E-state index contributed by atoms with van der Waals surface area (Å²) in [4.78, 5) is 24.9. The summed E-state index contributed by atoms with van der Waals surface area (Å²) in [6.07, 6.45) is 0.816. The van der Waals surface area contributed by atoms with Gasteiger partial charge in [0.15, 0.2) is 0 Å². The summed E-state index contributed by atoms with van der Waals surface area (Å²) < 4.78 is 0.743. The highest BCUT2D eigenvalue weighted by Gasteiger charge is 2.09. The Labute approximate surface area is 360 Å². The molecule has 290 valence electrons. The summed E-state index contributed by atoms with van der Waals surface area (Å²) in [7, 11) is 0. The van der Waals surface area contributed by atoms with Crippen LogP contribution in [0.15, 0.2) is 108 Å². The topological polar surface area (TPSA) is 227 Å². The predicted octanol–water partition coefficient (Wildman–Crippen LogP) is 12.6. The highest BCUT2D eigenvalue weighted by atomic mass is 127. The maximum Gasteiger partial charge on any atom is 0.292 e. The number of benzene rings is 4. The fourth-order valence-corrected chi connectivity index (χ4v) is 2.87. The van der Waals surface area contributed by atoms with Gasteiger partial charge in [-0.2, -0.15) is 5.26 Å². The van der Waals surface area contributed by atoms with E-state index >= 15 is 0 Å².